The van der Waals surface area contributed by atoms with Gasteiger partial charge < -0.3 is 0 Å². The van der Waals surface area contributed by atoms with Gasteiger partial charge in [-0.25, -0.2) is 20.0 Å². The lowest BCUT2D eigenvalue weighted by Gasteiger charge is -2.03. The van der Waals surface area contributed by atoms with Crippen LogP contribution >= 0.6 is 22.7 Å². The van der Waals surface area contributed by atoms with E-state index < -0.39 is 0 Å². The molecular formula is C34H28N8O2S2+2. The molecule has 10 nitrogen and oxygen atoms in total. The molecule has 12 heteroatoms. The van der Waals surface area contributed by atoms with Gasteiger partial charge in [0.05, 0.1) is 26.5 Å². The van der Waals surface area contributed by atoms with E-state index in [1.807, 2.05) is 75.0 Å². The van der Waals surface area contributed by atoms with Crippen LogP contribution in [0.3, 0.4) is 0 Å². The largest absolute Gasteiger partial charge is 0.345 e. The zero-order valence-corrected chi connectivity index (χ0v) is 26.5. The predicted octanol–water partition coefficient (Wildman–Crippen LogP) is 4.83. The second kappa shape index (κ2) is 12.3. The van der Waals surface area contributed by atoms with Crippen LogP contribution in [0.25, 0.3) is 32.4 Å². The van der Waals surface area contributed by atoms with Gasteiger partial charge in [-0.3, -0.25) is 9.59 Å². The minimum atomic E-state index is -0.379. The van der Waals surface area contributed by atoms with Crippen LogP contribution in [0.1, 0.15) is 31.8 Å². The maximum absolute atomic E-state index is 12.6. The van der Waals surface area contributed by atoms with Gasteiger partial charge in [0.15, 0.2) is 11.4 Å². The maximum Gasteiger partial charge on any atom is 0.345 e. The molecular weight excluding hydrogens is 617 g/mol. The Morgan fingerprint density at radius 3 is 1.39 bits per heavy atom. The molecule has 0 bridgehead atoms. The van der Waals surface area contributed by atoms with Gasteiger partial charge in [0.1, 0.15) is 24.8 Å². The highest BCUT2D eigenvalue weighted by Gasteiger charge is 2.18. The van der Waals surface area contributed by atoms with Gasteiger partial charge in [0, 0.05) is 33.0 Å². The normalized spacial score (nSPS) is 11.7. The Morgan fingerprint density at radius 2 is 1.02 bits per heavy atom. The first-order valence-corrected chi connectivity index (χ1v) is 16.1. The van der Waals surface area contributed by atoms with Crippen LogP contribution in [0.15, 0.2) is 119 Å². The van der Waals surface area contributed by atoms with Crippen molar-refractivity contribution in [1.29, 1.82) is 0 Å². The monoisotopic (exact) mass is 644 g/mol. The molecule has 7 aromatic rings. The van der Waals surface area contributed by atoms with E-state index >= 15 is 0 Å². The lowest BCUT2D eigenvalue weighted by Crippen LogP contribution is -2.28. The average Bonchev–Trinajstić information content (AvgIpc) is 3.87. The van der Waals surface area contributed by atoms with Crippen molar-refractivity contribution in [2.45, 2.75) is 0 Å². The molecule has 7 rings (SSSR count). The Balaban J connectivity index is 0.907. The quantitative estimate of drug-likeness (QED) is 0.141. The summed E-state index contributed by atoms with van der Waals surface area (Å²) in [6, 6.07) is 22.2. The molecule has 0 saturated heterocycles. The summed E-state index contributed by atoms with van der Waals surface area (Å²) < 4.78 is 8.52. The van der Waals surface area contributed by atoms with E-state index in [4.69, 9.17) is 0 Å². The number of nitrogens with one attached hydrogen (secondary N) is 2. The smallest absolute Gasteiger partial charge is 0.267 e. The van der Waals surface area contributed by atoms with Gasteiger partial charge in [-0.15, -0.1) is 0 Å². The standard InChI is InChI=1S/C34H26N8O2S2/c1-39-29(21-41-15-17-45-33(39)41)25-7-3-23(4-8-25)19-35-37-31(43)27-11-13-28(14-12-27)32(44)38-36-20-24-5-9-26(10-6-24)30-22-42-16-18-46-34(42)40(30)2/h3-22H,1-2H3/p+2/b35-19-,36-20+. The molecule has 2 amide bonds. The number of hydrogen-bond donors (Lipinski definition) is 2. The number of amides is 2. The molecule has 0 atom stereocenters. The minimum Gasteiger partial charge on any atom is -0.267 e. The van der Waals surface area contributed by atoms with Gasteiger partial charge >= 0.3 is 9.92 Å². The molecule has 0 aliphatic heterocycles. The molecule has 3 aromatic carbocycles. The van der Waals surface area contributed by atoms with Crippen LogP contribution in [0.2, 0.25) is 0 Å². The highest BCUT2D eigenvalue weighted by Crippen LogP contribution is 2.21. The van der Waals surface area contributed by atoms with E-state index in [2.05, 4.69) is 62.1 Å². The molecule has 226 valence electrons. The first kappa shape index (κ1) is 29.0. The van der Waals surface area contributed by atoms with Crippen LogP contribution in [-0.4, -0.2) is 33.0 Å². The fraction of sp³-hybridized carbons (Fsp3) is 0.0588. The van der Waals surface area contributed by atoms with Crippen LogP contribution in [-0.2, 0) is 14.1 Å². The van der Waals surface area contributed by atoms with E-state index in [-0.39, 0.29) is 11.8 Å². The summed E-state index contributed by atoms with van der Waals surface area (Å²) in [6.07, 6.45) is 11.5. The lowest BCUT2D eigenvalue weighted by atomic mass is 10.1. The van der Waals surface area contributed by atoms with Crippen molar-refractivity contribution in [3.05, 3.63) is 131 Å². The summed E-state index contributed by atoms with van der Waals surface area (Å²) in [5.41, 5.74) is 11.9. The number of carbonyl (C=O) groups is 2. The molecule has 0 spiro atoms. The Bertz CT molecular complexity index is 2090. The van der Waals surface area contributed by atoms with Crippen molar-refractivity contribution in [1.82, 2.24) is 19.7 Å². The number of hydrogen-bond acceptors (Lipinski definition) is 6. The van der Waals surface area contributed by atoms with Gasteiger partial charge in [-0.1, -0.05) is 46.9 Å². The Kier molecular flexibility index (Phi) is 7.79. The number of aryl methyl sites for hydroxylation is 2. The van der Waals surface area contributed by atoms with Crippen molar-refractivity contribution in [3.8, 4) is 22.5 Å². The zero-order valence-electron chi connectivity index (χ0n) is 24.9. The SMILES string of the molecule is C[n+]1c(-c2ccc(/C=N\NC(=O)c3ccc(C(=O)N/N=C/c4ccc(-c5cn6ccsc6[n+]5C)cc4)cc3)cc2)cn2ccsc21. The van der Waals surface area contributed by atoms with E-state index in [1.165, 1.54) is 0 Å². The lowest BCUT2D eigenvalue weighted by molar-refractivity contribution is -0.631. The van der Waals surface area contributed by atoms with Crippen molar-refractivity contribution in [2.24, 2.45) is 24.3 Å². The fourth-order valence-electron chi connectivity index (χ4n) is 5.16. The molecule has 2 N–H and O–H groups in total. The number of thiazole rings is 2. The van der Waals surface area contributed by atoms with Crippen molar-refractivity contribution >= 4 is 56.8 Å². The Labute approximate surface area is 271 Å². The summed E-state index contributed by atoms with van der Waals surface area (Å²) in [5.74, 6) is -0.757. The van der Waals surface area contributed by atoms with Crippen molar-refractivity contribution in [3.63, 3.8) is 0 Å². The molecule has 46 heavy (non-hydrogen) atoms. The first-order valence-electron chi connectivity index (χ1n) is 14.3. The molecule has 0 aliphatic carbocycles. The molecule has 0 aliphatic rings. The fourth-order valence-corrected chi connectivity index (χ4v) is 6.77. The number of benzene rings is 3. The molecule has 4 aromatic heterocycles. The van der Waals surface area contributed by atoms with Crippen molar-refractivity contribution in [2.75, 3.05) is 0 Å². The molecule has 4 heterocycles. The number of carbonyl (C=O) groups excluding carboxylic acids is 2. The van der Waals surface area contributed by atoms with E-state index in [9.17, 15) is 9.59 Å². The van der Waals surface area contributed by atoms with Crippen LogP contribution in [0, 0.1) is 0 Å². The zero-order chi connectivity index (χ0) is 31.6. The number of nitrogens with zero attached hydrogens (tertiary/aromatic N) is 6. The minimum absolute atomic E-state index is 0.379. The molecule has 0 radical (unpaired) electrons. The number of aromatic nitrogens is 4. The third kappa shape index (κ3) is 5.74. The van der Waals surface area contributed by atoms with Gasteiger partial charge in [-0.05, 0) is 59.7 Å². The molecule has 0 fully saturated rings. The topological polar surface area (TPSA) is 99.5 Å². The van der Waals surface area contributed by atoms with Gasteiger partial charge in [-0.2, -0.15) is 19.0 Å². The highest BCUT2D eigenvalue weighted by molar-refractivity contribution is 7.15. The summed E-state index contributed by atoms with van der Waals surface area (Å²) in [7, 11) is 4.10. The third-order valence-electron chi connectivity index (χ3n) is 7.63. The third-order valence-corrected chi connectivity index (χ3v) is 9.54. The van der Waals surface area contributed by atoms with E-state index in [0.717, 1.165) is 43.6 Å². The Hall–Kier alpha value is -5.72. The molecule has 0 saturated carbocycles. The van der Waals surface area contributed by atoms with Crippen LogP contribution in [0.4, 0.5) is 0 Å². The average molecular weight is 645 g/mol. The van der Waals surface area contributed by atoms with E-state index in [0.29, 0.717) is 11.1 Å². The summed E-state index contributed by atoms with van der Waals surface area (Å²) in [5, 5.41) is 12.3. The second-order valence-corrected chi connectivity index (χ2v) is 12.3. The van der Waals surface area contributed by atoms with Crippen LogP contribution < -0.4 is 20.0 Å². The van der Waals surface area contributed by atoms with Crippen LogP contribution in [0.5, 0.6) is 0 Å². The van der Waals surface area contributed by atoms with Crippen molar-refractivity contribution < 1.29 is 18.7 Å². The maximum atomic E-state index is 12.6. The summed E-state index contributed by atoms with van der Waals surface area (Å²) in [6.45, 7) is 0. The van der Waals surface area contributed by atoms with Gasteiger partial charge in [0.25, 0.3) is 11.8 Å². The Morgan fingerprint density at radius 1 is 0.630 bits per heavy atom. The van der Waals surface area contributed by atoms with E-state index in [1.54, 1.807) is 59.4 Å². The number of rotatable bonds is 8. The molecule has 0 unspecified atom stereocenters. The number of imidazole rings is 2. The summed E-state index contributed by atoms with van der Waals surface area (Å²) in [4.78, 5) is 27.5. The van der Waals surface area contributed by atoms with Gasteiger partial charge in [0.2, 0.25) is 0 Å². The second-order valence-electron chi connectivity index (χ2n) is 10.6. The highest BCUT2D eigenvalue weighted by atomic mass is 32.1. The number of hydrazone groups is 2. The predicted molar refractivity (Wildman–Crippen MR) is 180 cm³/mol. The number of fused-ring (bicyclic) bond motifs is 2. The summed E-state index contributed by atoms with van der Waals surface area (Å²) >= 11 is 3.38. The first-order chi connectivity index (χ1) is 22.4.